The molecule has 3 rings (SSSR count). The number of benzene rings is 3. The fraction of sp³-hybridized carbons (Fsp3) is 0.310. The van der Waals surface area contributed by atoms with Crippen LogP contribution < -0.4 is 10.1 Å². The summed E-state index contributed by atoms with van der Waals surface area (Å²) in [4.78, 5) is 28.7. The summed E-state index contributed by atoms with van der Waals surface area (Å²) >= 11 is 12.3. The number of hydrogen-bond donors (Lipinski definition) is 1. The monoisotopic (exact) mass is 542 g/mol. The topological polar surface area (TPSA) is 67.9 Å². The van der Waals surface area contributed by atoms with Crippen LogP contribution in [-0.4, -0.2) is 42.6 Å². The van der Waals surface area contributed by atoms with Crippen molar-refractivity contribution in [2.45, 2.75) is 39.0 Å². The number of ether oxygens (including phenoxy) is 2. The third-order valence-corrected chi connectivity index (χ3v) is 6.09. The quantitative estimate of drug-likeness (QED) is 0.266. The van der Waals surface area contributed by atoms with Crippen molar-refractivity contribution < 1.29 is 19.1 Å². The van der Waals surface area contributed by atoms with Gasteiger partial charge < -0.3 is 19.7 Å². The van der Waals surface area contributed by atoms with E-state index in [-0.39, 0.29) is 31.1 Å². The Balaban J connectivity index is 1.85. The van der Waals surface area contributed by atoms with Crippen molar-refractivity contribution in [1.82, 2.24) is 10.2 Å². The molecule has 0 saturated heterocycles. The molecule has 0 spiro atoms. The van der Waals surface area contributed by atoms with Crippen LogP contribution in [0.1, 0.15) is 37.4 Å². The lowest BCUT2D eigenvalue weighted by Gasteiger charge is -2.31. The lowest BCUT2D eigenvalue weighted by atomic mass is 10.0. The number of halogens is 2. The Kier molecular flexibility index (Phi) is 11.3. The van der Waals surface area contributed by atoms with E-state index in [1.54, 1.807) is 36.4 Å². The van der Waals surface area contributed by atoms with Crippen molar-refractivity contribution >= 4 is 35.0 Å². The number of carbonyl (C=O) groups is 2. The summed E-state index contributed by atoms with van der Waals surface area (Å²) in [6.07, 6.45) is 0.782. The van der Waals surface area contributed by atoms with E-state index in [1.165, 1.54) is 4.90 Å². The normalized spacial score (nSPS) is 11.7. The van der Waals surface area contributed by atoms with Crippen LogP contribution in [-0.2, 0) is 20.9 Å². The highest BCUT2D eigenvalue weighted by molar-refractivity contribution is 6.32. The zero-order chi connectivity index (χ0) is 26.6. The SMILES string of the molecule is CC(C)OCCCNC(=O)[C@@H](c1ccccc1)N(Cc1ccc(Cl)cc1)C(=O)COc1ccccc1Cl. The van der Waals surface area contributed by atoms with Gasteiger partial charge in [0.05, 0.1) is 11.1 Å². The van der Waals surface area contributed by atoms with Crippen molar-refractivity contribution in [2.24, 2.45) is 0 Å². The third-order valence-electron chi connectivity index (χ3n) is 5.52. The van der Waals surface area contributed by atoms with Gasteiger partial charge in [-0.05, 0) is 55.7 Å². The predicted molar refractivity (Wildman–Crippen MR) is 147 cm³/mol. The molecule has 0 aliphatic rings. The van der Waals surface area contributed by atoms with Gasteiger partial charge in [0.1, 0.15) is 11.8 Å². The van der Waals surface area contributed by atoms with Gasteiger partial charge in [0.15, 0.2) is 6.61 Å². The lowest BCUT2D eigenvalue weighted by Crippen LogP contribution is -2.45. The maximum Gasteiger partial charge on any atom is 0.261 e. The number of nitrogens with zero attached hydrogens (tertiary/aromatic N) is 1. The van der Waals surface area contributed by atoms with Crippen LogP contribution in [0.25, 0.3) is 0 Å². The van der Waals surface area contributed by atoms with E-state index in [0.717, 1.165) is 5.56 Å². The van der Waals surface area contributed by atoms with Crippen LogP contribution in [0.15, 0.2) is 78.9 Å². The molecule has 3 aromatic carbocycles. The Morgan fingerprint density at radius 3 is 2.27 bits per heavy atom. The van der Waals surface area contributed by atoms with Gasteiger partial charge >= 0.3 is 0 Å². The summed E-state index contributed by atoms with van der Waals surface area (Å²) in [6, 6.07) is 22.5. The zero-order valence-electron chi connectivity index (χ0n) is 21.0. The molecule has 196 valence electrons. The molecule has 0 radical (unpaired) electrons. The number of hydrogen-bond acceptors (Lipinski definition) is 4. The van der Waals surface area contributed by atoms with Crippen molar-refractivity contribution in [3.05, 3.63) is 100 Å². The second-order valence-corrected chi connectivity index (χ2v) is 9.59. The molecule has 8 heteroatoms. The second kappa shape index (κ2) is 14.6. The van der Waals surface area contributed by atoms with Crippen molar-refractivity contribution in [3.63, 3.8) is 0 Å². The molecule has 0 unspecified atom stereocenters. The third kappa shape index (κ3) is 9.08. The molecule has 1 atom stereocenters. The number of amides is 2. The summed E-state index contributed by atoms with van der Waals surface area (Å²) < 4.78 is 11.3. The Morgan fingerprint density at radius 1 is 0.919 bits per heavy atom. The van der Waals surface area contributed by atoms with Gasteiger partial charge in [-0.2, -0.15) is 0 Å². The standard InChI is InChI=1S/C29H32Cl2N2O4/c1-21(2)36-18-8-17-32-29(35)28(23-9-4-3-5-10-23)33(19-22-13-15-24(30)16-14-22)27(34)20-37-26-12-7-6-11-25(26)31/h3-7,9-16,21,28H,8,17-20H2,1-2H3,(H,32,35)/t28-/m1/s1. The van der Waals surface area contributed by atoms with E-state index in [9.17, 15) is 9.59 Å². The summed E-state index contributed by atoms with van der Waals surface area (Å²) in [6.45, 7) is 4.80. The van der Waals surface area contributed by atoms with Gasteiger partial charge in [0, 0.05) is 24.7 Å². The van der Waals surface area contributed by atoms with Gasteiger partial charge in [-0.3, -0.25) is 9.59 Å². The highest BCUT2D eigenvalue weighted by atomic mass is 35.5. The van der Waals surface area contributed by atoms with Crippen LogP contribution in [0.2, 0.25) is 10.0 Å². The van der Waals surface area contributed by atoms with Crippen molar-refractivity contribution in [3.8, 4) is 5.75 Å². The minimum atomic E-state index is -0.870. The van der Waals surface area contributed by atoms with Gasteiger partial charge in [0.2, 0.25) is 5.91 Å². The first-order chi connectivity index (χ1) is 17.8. The molecule has 0 fully saturated rings. The average molecular weight is 543 g/mol. The largest absolute Gasteiger partial charge is 0.482 e. The molecule has 0 aliphatic carbocycles. The van der Waals surface area contributed by atoms with E-state index < -0.39 is 6.04 Å². The molecule has 0 aliphatic heterocycles. The van der Waals surface area contributed by atoms with Crippen LogP contribution in [0.3, 0.4) is 0 Å². The van der Waals surface area contributed by atoms with Gasteiger partial charge in [0.25, 0.3) is 5.91 Å². The van der Waals surface area contributed by atoms with E-state index in [1.807, 2.05) is 56.3 Å². The summed E-state index contributed by atoms with van der Waals surface area (Å²) in [5.74, 6) is -0.243. The minimum absolute atomic E-state index is 0.123. The molecular formula is C29H32Cl2N2O4. The van der Waals surface area contributed by atoms with Crippen LogP contribution in [0.4, 0.5) is 0 Å². The number of carbonyl (C=O) groups excluding carboxylic acids is 2. The first-order valence-electron chi connectivity index (χ1n) is 12.2. The maximum atomic E-state index is 13.6. The zero-order valence-corrected chi connectivity index (χ0v) is 22.5. The van der Waals surface area contributed by atoms with Gasteiger partial charge in [-0.15, -0.1) is 0 Å². The van der Waals surface area contributed by atoms with Crippen LogP contribution in [0, 0.1) is 0 Å². The fourth-order valence-corrected chi connectivity index (χ4v) is 4.02. The molecule has 0 saturated carbocycles. The maximum absolute atomic E-state index is 13.6. The van der Waals surface area contributed by atoms with E-state index in [4.69, 9.17) is 32.7 Å². The smallest absolute Gasteiger partial charge is 0.261 e. The molecule has 0 heterocycles. The van der Waals surface area contributed by atoms with Gasteiger partial charge in [-0.1, -0.05) is 77.8 Å². The first kappa shape index (κ1) is 28.5. The molecule has 3 aromatic rings. The van der Waals surface area contributed by atoms with Crippen molar-refractivity contribution in [1.29, 1.82) is 0 Å². The second-order valence-electron chi connectivity index (χ2n) is 8.74. The molecule has 1 N–H and O–H groups in total. The molecule has 37 heavy (non-hydrogen) atoms. The highest BCUT2D eigenvalue weighted by Crippen LogP contribution is 2.26. The Bertz CT molecular complexity index is 1140. The van der Waals surface area contributed by atoms with E-state index >= 15 is 0 Å². The first-order valence-corrected chi connectivity index (χ1v) is 13.0. The van der Waals surface area contributed by atoms with E-state index in [2.05, 4.69) is 5.32 Å². The minimum Gasteiger partial charge on any atom is -0.482 e. The highest BCUT2D eigenvalue weighted by Gasteiger charge is 2.31. The Labute approximate surface area is 228 Å². The fourth-order valence-electron chi connectivity index (χ4n) is 3.70. The molecule has 2 amide bonds. The number of rotatable bonds is 13. The number of nitrogens with one attached hydrogen (secondary N) is 1. The molecule has 0 bridgehead atoms. The van der Waals surface area contributed by atoms with E-state index in [0.29, 0.717) is 40.9 Å². The molecule has 6 nitrogen and oxygen atoms in total. The summed E-state index contributed by atoms with van der Waals surface area (Å²) in [5, 5.41) is 3.96. The Morgan fingerprint density at radius 2 is 1.59 bits per heavy atom. The van der Waals surface area contributed by atoms with Crippen molar-refractivity contribution in [2.75, 3.05) is 19.8 Å². The predicted octanol–water partition coefficient (Wildman–Crippen LogP) is 6.07. The van der Waals surface area contributed by atoms with Gasteiger partial charge in [-0.25, -0.2) is 0 Å². The summed E-state index contributed by atoms with van der Waals surface area (Å²) in [7, 11) is 0. The van der Waals surface area contributed by atoms with Crippen LogP contribution in [0.5, 0.6) is 5.75 Å². The molecule has 0 aromatic heterocycles. The Hall–Kier alpha value is -3.06. The average Bonchev–Trinajstić information content (AvgIpc) is 2.89. The molecular weight excluding hydrogens is 511 g/mol. The summed E-state index contributed by atoms with van der Waals surface area (Å²) in [5.41, 5.74) is 1.52. The lowest BCUT2D eigenvalue weighted by molar-refractivity contribution is -0.143. The van der Waals surface area contributed by atoms with Crippen LogP contribution >= 0.6 is 23.2 Å². The number of para-hydroxylation sites is 1.